The van der Waals surface area contributed by atoms with Crippen LogP contribution in [0.3, 0.4) is 0 Å². The first-order valence-electron chi connectivity index (χ1n) is 9.64. The summed E-state index contributed by atoms with van der Waals surface area (Å²) in [5.74, 6) is 4.47. The molecule has 122 valence electrons. The molecule has 1 saturated heterocycles. The van der Waals surface area contributed by atoms with Crippen molar-refractivity contribution in [2.24, 2.45) is 40.4 Å². The van der Waals surface area contributed by atoms with Gasteiger partial charge in [-0.15, -0.1) is 0 Å². The summed E-state index contributed by atoms with van der Waals surface area (Å²) >= 11 is 0. The van der Waals surface area contributed by atoms with Gasteiger partial charge in [0.25, 0.3) is 0 Å². The number of carbonyl (C=O) groups is 1. The van der Waals surface area contributed by atoms with Crippen LogP contribution in [0.2, 0.25) is 0 Å². The fourth-order valence-electron chi connectivity index (χ4n) is 7.89. The van der Waals surface area contributed by atoms with E-state index in [2.05, 4.69) is 20.8 Å². The zero-order valence-electron chi connectivity index (χ0n) is 14.3. The van der Waals surface area contributed by atoms with Gasteiger partial charge in [-0.25, -0.2) is 0 Å². The molecule has 4 saturated carbocycles. The first-order chi connectivity index (χ1) is 10.4. The Morgan fingerprint density at radius 3 is 2.73 bits per heavy atom. The number of carbonyl (C=O) groups excluding carboxylic acids is 1. The number of epoxide rings is 1. The molecule has 2 nitrogen and oxygen atoms in total. The molecule has 4 aliphatic carbocycles. The van der Waals surface area contributed by atoms with E-state index in [1.807, 2.05) is 0 Å². The lowest BCUT2D eigenvalue weighted by Crippen LogP contribution is -2.56. The highest BCUT2D eigenvalue weighted by atomic mass is 16.6. The summed E-state index contributed by atoms with van der Waals surface area (Å²) in [6, 6.07) is 0. The van der Waals surface area contributed by atoms with E-state index in [9.17, 15) is 4.79 Å². The minimum atomic E-state index is 0.0252. The van der Waals surface area contributed by atoms with Crippen molar-refractivity contribution in [3.8, 4) is 0 Å². The smallest absolute Gasteiger partial charge is 0.139 e. The van der Waals surface area contributed by atoms with E-state index in [1.165, 1.54) is 32.1 Å². The lowest BCUT2D eigenvalue weighted by Gasteiger charge is -2.60. The molecule has 0 unspecified atom stereocenters. The highest BCUT2D eigenvalue weighted by Crippen LogP contribution is 2.68. The molecular formula is C20H30O2. The Morgan fingerprint density at radius 2 is 1.91 bits per heavy atom. The Bertz CT molecular complexity index is 528. The average molecular weight is 302 g/mol. The van der Waals surface area contributed by atoms with Crippen LogP contribution in [-0.2, 0) is 9.53 Å². The van der Waals surface area contributed by atoms with Crippen LogP contribution in [0, 0.1) is 40.4 Å². The normalized spacial score (nSPS) is 62.7. The van der Waals surface area contributed by atoms with Crippen LogP contribution in [0.4, 0.5) is 0 Å². The zero-order chi connectivity index (χ0) is 15.3. The second kappa shape index (κ2) is 4.18. The Morgan fingerprint density at radius 1 is 1.09 bits per heavy atom. The minimum absolute atomic E-state index is 0.0252. The Hall–Kier alpha value is -0.370. The third-order valence-corrected chi connectivity index (χ3v) is 8.95. The SMILES string of the molecule is C[C@H]1C[C@@H]2[C@H](CC[C@]3(C)C(=O)CC[C@@H]23)[C@@]2(C)CC[C@H]3O[C@H]3[C@H]12. The quantitative estimate of drug-likeness (QED) is 0.627. The second-order valence-corrected chi connectivity index (χ2v) is 9.72. The lowest BCUT2D eigenvalue weighted by atomic mass is 9.43. The number of hydrogen-bond donors (Lipinski definition) is 0. The molecule has 0 aromatic carbocycles. The van der Waals surface area contributed by atoms with Crippen LogP contribution in [-0.4, -0.2) is 18.0 Å². The predicted molar refractivity (Wildman–Crippen MR) is 85.3 cm³/mol. The van der Waals surface area contributed by atoms with E-state index >= 15 is 0 Å². The maximum Gasteiger partial charge on any atom is 0.139 e. The molecule has 0 amide bonds. The molecule has 2 heteroatoms. The van der Waals surface area contributed by atoms with Gasteiger partial charge in [-0.2, -0.15) is 0 Å². The van der Waals surface area contributed by atoms with Crippen LogP contribution >= 0.6 is 0 Å². The average Bonchev–Trinajstić information content (AvgIpc) is 3.18. The van der Waals surface area contributed by atoms with Gasteiger partial charge in [-0.1, -0.05) is 20.8 Å². The van der Waals surface area contributed by atoms with Gasteiger partial charge in [0, 0.05) is 11.8 Å². The summed E-state index contributed by atoms with van der Waals surface area (Å²) in [5.41, 5.74) is 0.504. The van der Waals surface area contributed by atoms with E-state index in [-0.39, 0.29) is 5.41 Å². The van der Waals surface area contributed by atoms with Crippen LogP contribution in [0.25, 0.3) is 0 Å². The Kier molecular flexibility index (Phi) is 2.66. The van der Waals surface area contributed by atoms with Gasteiger partial charge in [0.2, 0.25) is 0 Å². The number of hydrogen-bond acceptors (Lipinski definition) is 2. The Balaban J connectivity index is 1.52. The van der Waals surface area contributed by atoms with Gasteiger partial charge in [0.05, 0.1) is 12.2 Å². The number of Topliss-reactive ketones (excluding diaryl/α,β-unsaturated/α-hetero) is 1. The van der Waals surface area contributed by atoms with Crippen LogP contribution in [0.15, 0.2) is 0 Å². The summed E-state index contributed by atoms with van der Waals surface area (Å²) in [4.78, 5) is 12.5. The maximum atomic E-state index is 12.5. The first-order valence-corrected chi connectivity index (χ1v) is 9.64. The topological polar surface area (TPSA) is 29.6 Å². The van der Waals surface area contributed by atoms with E-state index < -0.39 is 0 Å². The summed E-state index contributed by atoms with van der Waals surface area (Å²) in [6.07, 6.45) is 9.65. The van der Waals surface area contributed by atoms with E-state index in [4.69, 9.17) is 4.74 Å². The van der Waals surface area contributed by atoms with Crippen molar-refractivity contribution < 1.29 is 9.53 Å². The van der Waals surface area contributed by atoms with Crippen molar-refractivity contribution in [2.45, 2.75) is 77.9 Å². The van der Waals surface area contributed by atoms with Gasteiger partial charge in [-0.05, 0) is 73.5 Å². The van der Waals surface area contributed by atoms with Crippen molar-refractivity contribution in [3.05, 3.63) is 0 Å². The van der Waals surface area contributed by atoms with Crippen LogP contribution in [0.5, 0.6) is 0 Å². The highest BCUT2D eigenvalue weighted by molar-refractivity contribution is 5.87. The molecule has 0 N–H and O–H groups in total. The first kappa shape index (κ1) is 14.0. The molecule has 22 heavy (non-hydrogen) atoms. The Labute approximate surface area is 134 Å². The van der Waals surface area contributed by atoms with Crippen LogP contribution < -0.4 is 0 Å². The van der Waals surface area contributed by atoms with Gasteiger partial charge < -0.3 is 4.74 Å². The van der Waals surface area contributed by atoms with E-state index in [1.54, 1.807) is 0 Å². The van der Waals surface area contributed by atoms with Crippen molar-refractivity contribution in [2.75, 3.05) is 0 Å². The summed E-state index contributed by atoms with van der Waals surface area (Å²) in [7, 11) is 0. The summed E-state index contributed by atoms with van der Waals surface area (Å²) < 4.78 is 6.03. The number of ketones is 1. The largest absolute Gasteiger partial charge is 0.369 e. The molecule has 5 aliphatic rings. The summed E-state index contributed by atoms with van der Waals surface area (Å²) in [6.45, 7) is 7.36. The molecule has 9 atom stereocenters. The van der Waals surface area contributed by atoms with E-state index in [0.29, 0.717) is 29.3 Å². The standard InChI is InChI=1S/C20H30O2/c1-11-10-12-13-4-5-16(21)19(13,2)8-6-14(12)20(3)9-7-15-18(22-15)17(11)20/h11-15,17-18H,4-10H2,1-3H3/t11-,12-,13-,14-,15+,17-,18+,19-,20+/m0/s1. The van der Waals surface area contributed by atoms with Crippen molar-refractivity contribution in [1.82, 2.24) is 0 Å². The number of ether oxygens (including phenoxy) is 1. The van der Waals surface area contributed by atoms with Gasteiger partial charge in [0.1, 0.15) is 5.78 Å². The molecule has 1 heterocycles. The van der Waals surface area contributed by atoms with E-state index in [0.717, 1.165) is 36.5 Å². The molecule has 1 aliphatic heterocycles. The van der Waals surface area contributed by atoms with Crippen molar-refractivity contribution >= 4 is 5.78 Å². The number of rotatable bonds is 0. The maximum absolute atomic E-state index is 12.5. The van der Waals surface area contributed by atoms with Gasteiger partial charge in [0.15, 0.2) is 0 Å². The van der Waals surface area contributed by atoms with Crippen LogP contribution in [0.1, 0.15) is 65.7 Å². The number of fused-ring (bicyclic) bond motifs is 7. The highest BCUT2D eigenvalue weighted by Gasteiger charge is 2.66. The second-order valence-electron chi connectivity index (χ2n) is 9.72. The molecule has 5 fully saturated rings. The fraction of sp³-hybridized carbons (Fsp3) is 0.950. The molecule has 5 rings (SSSR count). The third kappa shape index (κ3) is 1.53. The zero-order valence-corrected chi connectivity index (χ0v) is 14.3. The fourth-order valence-corrected chi connectivity index (χ4v) is 7.89. The van der Waals surface area contributed by atoms with Crippen molar-refractivity contribution in [3.63, 3.8) is 0 Å². The van der Waals surface area contributed by atoms with Gasteiger partial charge >= 0.3 is 0 Å². The predicted octanol–water partition coefficient (Wildman–Crippen LogP) is 4.22. The van der Waals surface area contributed by atoms with Gasteiger partial charge in [-0.3, -0.25) is 4.79 Å². The molecule has 0 spiro atoms. The molecule has 0 bridgehead atoms. The molecule has 0 aromatic rings. The molecular weight excluding hydrogens is 272 g/mol. The lowest BCUT2D eigenvalue weighted by molar-refractivity contribution is -0.143. The summed E-state index contributed by atoms with van der Waals surface area (Å²) in [5, 5.41) is 0. The molecule has 0 radical (unpaired) electrons. The minimum Gasteiger partial charge on any atom is -0.369 e. The third-order valence-electron chi connectivity index (χ3n) is 8.95. The monoisotopic (exact) mass is 302 g/mol. The van der Waals surface area contributed by atoms with Crippen molar-refractivity contribution in [1.29, 1.82) is 0 Å². The molecule has 0 aromatic heterocycles.